The zero-order valence-corrected chi connectivity index (χ0v) is 13.6. The molecule has 2 aromatic carbocycles. The summed E-state index contributed by atoms with van der Waals surface area (Å²) in [6.07, 6.45) is 0.754. The fraction of sp³-hybridized carbons (Fsp3) is 0.350. The minimum Gasteiger partial charge on any atom is -0.338 e. The van der Waals surface area contributed by atoms with Crippen molar-refractivity contribution >= 4 is 5.91 Å². The smallest absolute Gasteiger partial charge is 0.226 e. The standard InChI is InChI=1S/C20H22FNO/c1-3-22(13-15-9-5-4-8-14(15)2)20(23)18-12-17(18)16-10-6-7-11-19(16)21/h4-11,17-18H,3,12-13H2,1-2H3. The highest BCUT2D eigenvalue weighted by atomic mass is 19.1. The minimum atomic E-state index is -0.199. The van der Waals surface area contributed by atoms with Gasteiger partial charge >= 0.3 is 0 Å². The Morgan fingerprint density at radius 1 is 1.17 bits per heavy atom. The second kappa shape index (κ2) is 6.53. The number of rotatable bonds is 5. The molecule has 1 saturated carbocycles. The maximum absolute atomic E-state index is 13.9. The van der Waals surface area contributed by atoms with Gasteiger partial charge in [-0.3, -0.25) is 4.79 Å². The van der Waals surface area contributed by atoms with Crippen LogP contribution in [0.25, 0.3) is 0 Å². The maximum atomic E-state index is 13.9. The molecule has 120 valence electrons. The molecule has 3 heteroatoms. The van der Waals surface area contributed by atoms with Gasteiger partial charge in [0.15, 0.2) is 0 Å². The zero-order chi connectivity index (χ0) is 16.4. The summed E-state index contributed by atoms with van der Waals surface area (Å²) in [5.74, 6) is -0.0933. The van der Waals surface area contributed by atoms with Crippen molar-refractivity contribution in [1.29, 1.82) is 0 Å². The predicted octanol–water partition coefficient (Wildman–Crippen LogP) is 4.29. The molecule has 0 radical (unpaired) electrons. The SMILES string of the molecule is CCN(Cc1ccccc1C)C(=O)C1CC1c1ccccc1F. The maximum Gasteiger partial charge on any atom is 0.226 e. The van der Waals surface area contributed by atoms with Gasteiger partial charge in [0.05, 0.1) is 0 Å². The van der Waals surface area contributed by atoms with Crippen molar-refractivity contribution in [2.45, 2.75) is 32.7 Å². The van der Waals surface area contributed by atoms with E-state index in [4.69, 9.17) is 0 Å². The minimum absolute atomic E-state index is 0.0367. The summed E-state index contributed by atoms with van der Waals surface area (Å²) in [7, 11) is 0. The van der Waals surface area contributed by atoms with Crippen LogP contribution in [0.2, 0.25) is 0 Å². The van der Waals surface area contributed by atoms with Crippen LogP contribution in [0.3, 0.4) is 0 Å². The third kappa shape index (κ3) is 3.29. The number of nitrogens with zero attached hydrogens (tertiary/aromatic N) is 1. The molecule has 3 rings (SSSR count). The lowest BCUT2D eigenvalue weighted by Crippen LogP contribution is -2.32. The van der Waals surface area contributed by atoms with Gasteiger partial charge < -0.3 is 4.90 Å². The average Bonchev–Trinajstić information content (AvgIpc) is 3.34. The summed E-state index contributed by atoms with van der Waals surface area (Å²) in [4.78, 5) is 14.6. The molecule has 1 aliphatic carbocycles. The number of aryl methyl sites for hydroxylation is 1. The van der Waals surface area contributed by atoms with Crippen LogP contribution in [0.5, 0.6) is 0 Å². The summed E-state index contributed by atoms with van der Waals surface area (Å²) < 4.78 is 13.9. The largest absolute Gasteiger partial charge is 0.338 e. The van der Waals surface area contributed by atoms with Gasteiger partial charge in [-0.1, -0.05) is 42.5 Å². The summed E-state index contributed by atoms with van der Waals surface area (Å²) in [5.41, 5.74) is 3.05. The van der Waals surface area contributed by atoms with Gasteiger partial charge in [0, 0.05) is 19.0 Å². The molecule has 23 heavy (non-hydrogen) atoms. The Balaban J connectivity index is 1.70. The van der Waals surface area contributed by atoms with Crippen molar-refractivity contribution in [2.75, 3.05) is 6.54 Å². The molecule has 1 amide bonds. The first-order valence-corrected chi connectivity index (χ1v) is 8.19. The van der Waals surface area contributed by atoms with E-state index < -0.39 is 0 Å². The van der Waals surface area contributed by atoms with Crippen LogP contribution < -0.4 is 0 Å². The Labute approximate surface area is 136 Å². The molecule has 0 aliphatic heterocycles. The highest BCUT2D eigenvalue weighted by Crippen LogP contribution is 2.49. The zero-order valence-electron chi connectivity index (χ0n) is 13.6. The van der Waals surface area contributed by atoms with Crippen molar-refractivity contribution in [1.82, 2.24) is 4.90 Å². The quantitative estimate of drug-likeness (QED) is 0.807. The van der Waals surface area contributed by atoms with Gasteiger partial charge in [-0.15, -0.1) is 0 Å². The van der Waals surface area contributed by atoms with Crippen LogP contribution in [0.15, 0.2) is 48.5 Å². The van der Waals surface area contributed by atoms with Gasteiger partial charge in [-0.05, 0) is 48.9 Å². The Kier molecular flexibility index (Phi) is 4.46. The first-order chi connectivity index (χ1) is 11.1. The average molecular weight is 311 g/mol. The number of benzene rings is 2. The molecule has 0 saturated heterocycles. The molecule has 0 bridgehead atoms. The fourth-order valence-corrected chi connectivity index (χ4v) is 3.16. The highest BCUT2D eigenvalue weighted by Gasteiger charge is 2.46. The lowest BCUT2D eigenvalue weighted by Gasteiger charge is -2.22. The number of carbonyl (C=O) groups is 1. The van der Waals surface area contributed by atoms with Crippen LogP contribution in [0, 0.1) is 18.7 Å². The molecule has 2 unspecified atom stereocenters. The molecule has 0 aromatic heterocycles. The van der Waals surface area contributed by atoms with E-state index in [0.717, 1.165) is 6.42 Å². The Bertz CT molecular complexity index is 712. The topological polar surface area (TPSA) is 20.3 Å². The first-order valence-electron chi connectivity index (χ1n) is 8.19. The summed E-state index contributed by atoms with van der Waals surface area (Å²) in [6, 6.07) is 14.9. The van der Waals surface area contributed by atoms with E-state index in [9.17, 15) is 9.18 Å². The van der Waals surface area contributed by atoms with Gasteiger partial charge in [-0.25, -0.2) is 4.39 Å². The van der Waals surface area contributed by atoms with Gasteiger partial charge in [0.1, 0.15) is 5.82 Å². The second-order valence-corrected chi connectivity index (χ2v) is 6.25. The van der Waals surface area contributed by atoms with E-state index in [0.29, 0.717) is 18.7 Å². The Morgan fingerprint density at radius 2 is 1.87 bits per heavy atom. The van der Waals surface area contributed by atoms with E-state index in [1.54, 1.807) is 12.1 Å². The molecule has 2 aromatic rings. The monoisotopic (exact) mass is 311 g/mol. The number of hydrogen-bond donors (Lipinski definition) is 0. The number of hydrogen-bond acceptors (Lipinski definition) is 1. The first kappa shape index (κ1) is 15.7. The third-order valence-electron chi connectivity index (χ3n) is 4.73. The molecular weight excluding hydrogens is 289 g/mol. The van der Waals surface area contributed by atoms with Gasteiger partial charge in [0.25, 0.3) is 0 Å². The van der Waals surface area contributed by atoms with E-state index in [1.165, 1.54) is 17.2 Å². The van der Waals surface area contributed by atoms with Crippen molar-refractivity contribution in [2.24, 2.45) is 5.92 Å². The predicted molar refractivity (Wildman–Crippen MR) is 89.5 cm³/mol. The van der Waals surface area contributed by atoms with Crippen molar-refractivity contribution < 1.29 is 9.18 Å². The molecule has 0 spiro atoms. The normalized spacial score (nSPS) is 19.4. The molecule has 1 fully saturated rings. The molecule has 0 heterocycles. The molecular formula is C20H22FNO. The molecule has 1 aliphatic rings. The molecule has 2 nitrogen and oxygen atoms in total. The van der Waals surface area contributed by atoms with E-state index in [1.807, 2.05) is 30.0 Å². The van der Waals surface area contributed by atoms with Crippen molar-refractivity contribution in [3.63, 3.8) is 0 Å². The van der Waals surface area contributed by atoms with Crippen molar-refractivity contribution in [3.05, 3.63) is 71.0 Å². The fourth-order valence-electron chi connectivity index (χ4n) is 3.16. The van der Waals surface area contributed by atoms with Crippen LogP contribution in [-0.4, -0.2) is 17.4 Å². The van der Waals surface area contributed by atoms with E-state index in [-0.39, 0.29) is 23.6 Å². The summed E-state index contributed by atoms with van der Waals surface area (Å²) in [6.45, 7) is 5.36. The highest BCUT2D eigenvalue weighted by molar-refractivity contribution is 5.83. The van der Waals surface area contributed by atoms with Crippen molar-refractivity contribution in [3.8, 4) is 0 Å². The summed E-state index contributed by atoms with van der Waals surface area (Å²) >= 11 is 0. The Morgan fingerprint density at radius 3 is 2.57 bits per heavy atom. The lowest BCUT2D eigenvalue weighted by molar-refractivity contribution is -0.133. The third-order valence-corrected chi connectivity index (χ3v) is 4.73. The second-order valence-electron chi connectivity index (χ2n) is 6.25. The van der Waals surface area contributed by atoms with E-state index in [2.05, 4.69) is 19.1 Å². The van der Waals surface area contributed by atoms with Gasteiger partial charge in [-0.2, -0.15) is 0 Å². The van der Waals surface area contributed by atoms with Crippen LogP contribution >= 0.6 is 0 Å². The number of halogens is 1. The molecule has 2 atom stereocenters. The van der Waals surface area contributed by atoms with Crippen LogP contribution in [0.4, 0.5) is 4.39 Å². The lowest BCUT2D eigenvalue weighted by atomic mass is 10.1. The Hall–Kier alpha value is -2.16. The van der Waals surface area contributed by atoms with E-state index >= 15 is 0 Å². The summed E-state index contributed by atoms with van der Waals surface area (Å²) in [5, 5.41) is 0. The van der Waals surface area contributed by atoms with Gasteiger partial charge in [0.2, 0.25) is 5.91 Å². The van der Waals surface area contributed by atoms with Crippen LogP contribution in [-0.2, 0) is 11.3 Å². The number of carbonyl (C=O) groups excluding carboxylic acids is 1. The van der Waals surface area contributed by atoms with Crippen LogP contribution in [0.1, 0.15) is 36.0 Å². The number of amides is 1. The molecule has 0 N–H and O–H groups in total.